The fourth-order valence-corrected chi connectivity index (χ4v) is 5.83. The fraction of sp³-hybridized carbons (Fsp3) is 0.182. The summed E-state index contributed by atoms with van der Waals surface area (Å²) < 4.78 is 5.67. The maximum atomic E-state index is 13.8. The molecule has 0 aliphatic carbocycles. The first-order valence-electron chi connectivity index (χ1n) is 13.1. The number of nitrogens with one attached hydrogen (secondary N) is 1. The Hall–Kier alpha value is -4.47. The van der Waals surface area contributed by atoms with Gasteiger partial charge in [0.25, 0.3) is 5.91 Å². The standard InChI is InChI=1S/C33H29N3O2S/c1-4-9-22-14-16-23(17-15-22)31-21(3)39-33(28(31)20-34)36-32(37)27-19-30(35-29-13-7-6-12-26(27)29)24-10-8-11-25(18-24)38-5-2/h6-8,10-19H,4-5,9H2,1-3H3,(H,36,37). The molecule has 0 atom stereocenters. The first-order chi connectivity index (χ1) is 19.0. The van der Waals surface area contributed by atoms with Crippen LogP contribution in [0.4, 0.5) is 5.00 Å². The van der Waals surface area contributed by atoms with Gasteiger partial charge in [0.2, 0.25) is 0 Å². The molecular weight excluding hydrogens is 502 g/mol. The van der Waals surface area contributed by atoms with Crippen LogP contribution in [0.25, 0.3) is 33.3 Å². The monoisotopic (exact) mass is 531 g/mol. The number of carbonyl (C=O) groups is 1. The van der Waals surface area contributed by atoms with Crippen molar-refractivity contribution in [3.05, 3.63) is 100 Å². The first kappa shape index (κ1) is 26.1. The van der Waals surface area contributed by atoms with Crippen molar-refractivity contribution in [2.45, 2.75) is 33.6 Å². The van der Waals surface area contributed by atoms with E-state index in [1.807, 2.05) is 68.4 Å². The number of pyridine rings is 1. The Balaban J connectivity index is 1.53. The minimum Gasteiger partial charge on any atom is -0.494 e. The van der Waals surface area contributed by atoms with Crippen LogP contribution in [-0.2, 0) is 6.42 Å². The van der Waals surface area contributed by atoms with Crippen molar-refractivity contribution in [1.82, 2.24) is 4.98 Å². The quantitative estimate of drug-likeness (QED) is 0.218. The molecule has 0 saturated carbocycles. The highest BCUT2D eigenvalue weighted by atomic mass is 32.1. The summed E-state index contributed by atoms with van der Waals surface area (Å²) in [5.74, 6) is 0.470. The van der Waals surface area contributed by atoms with Crippen LogP contribution in [0.3, 0.4) is 0 Å². The Labute approximate surface area is 232 Å². The molecule has 0 spiro atoms. The number of aryl methyl sites for hydroxylation is 2. The van der Waals surface area contributed by atoms with E-state index in [4.69, 9.17) is 9.72 Å². The van der Waals surface area contributed by atoms with E-state index in [1.54, 1.807) is 0 Å². The van der Waals surface area contributed by atoms with E-state index in [2.05, 4.69) is 42.6 Å². The molecule has 0 radical (unpaired) electrons. The third-order valence-corrected chi connectivity index (χ3v) is 7.63. The highest BCUT2D eigenvalue weighted by molar-refractivity contribution is 7.17. The number of ether oxygens (including phenoxy) is 1. The molecule has 0 bridgehead atoms. The van der Waals surface area contributed by atoms with Gasteiger partial charge in [0, 0.05) is 21.4 Å². The summed E-state index contributed by atoms with van der Waals surface area (Å²) in [7, 11) is 0. The lowest BCUT2D eigenvalue weighted by Gasteiger charge is -2.11. The summed E-state index contributed by atoms with van der Waals surface area (Å²) in [5, 5.41) is 14.5. The van der Waals surface area contributed by atoms with Crippen LogP contribution in [0.5, 0.6) is 5.75 Å². The van der Waals surface area contributed by atoms with Gasteiger partial charge in [-0.05, 0) is 55.7 Å². The van der Waals surface area contributed by atoms with Gasteiger partial charge >= 0.3 is 0 Å². The summed E-state index contributed by atoms with van der Waals surface area (Å²) in [6, 6.07) is 27.8. The number of para-hydroxylation sites is 1. The predicted octanol–water partition coefficient (Wildman–Crippen LogP) is 8.41. The molecule has 1 N–H and O–H groups in total. The average molecular weight is 532 g/mol. The van der Waals surface area contributed by atoms with E-state index < -0.39 is 0 Å². The Morgan fingerprint density at radius 3 is 2.54 bits per heavy atom. The molecule has 5 aromatic rings. The van der Waals surface area contributed by atoms with E-state index in [0.717, 1.165) is 51.1 Å². The topological polar surface area (TPSA) is 75.0 Å². The molecule has 39 heavy (non-hydrogen) atoms. The van der Waals surface area contributed by atoms with Gasteiger partial charge in [0.05, 0.1) is 28.9 Å². The van der Waals surface area contributed by atoms with Crippen LogP contribution in [0.15, 0.2) is 78.9 Å². The molecule has 5 nitrogen and oxygen atoms in total. The first-order valence-corrected chi connectivity index (χ1v) is 13.9. The number of carbonyl (C=O) groups excluding carboxylic acids is 1. The zero-order valence-corrected chi connectivity index (χ0v) is 23.1. The maximum Gasteiger partial charge on any atom is 0.257 e. The zero-order valence-electron chi connectivity index (χ0n) is 22.2. The summed E-state index contributed by atoms with van der Waals surface area (Å²) in [6.45, 7) is 6.65. The summed E-state index contributed by atoms with van der Waals surface area (Å²) in [4.78, 5) is 19.6. The van der Waals surface area contributed by atoms with Crippen LogP contribution in [0, 0.1) is 18.3 Å². The number of rotatable bonds is 8. The molecule has 2 heterocycles. The van der Waals surface area contributed by atoms with Crippen LogP contribution in [0.1, 0.15) is 46.6 Å². The molecule has 1 amide bonds. The summed E-state index contributed by atoms with van der Waals surface area (Å²) in [5.41, 5.74) is 6.36. The molecule has 6 heteroatoms. The number of benzene rings is 3. The number of aromatic nitrogens is 1. The van der Waals surface area contributed by atoms with Crippen molar-refractivity contribution in [2.24, 2.45) is 0 Å². The number of hydrogen-bond donors (Lipinski definition) is 1. The van der Waals surface area contributed by atoms with Crippen LogP contribution >= 0.6 is 11.3 Å². The normalized spacial score (nSPS) is 10.8. The molecule has 0 aliphatic rings. The second-order valence-corrected chi connectivity index (χ2v) is 10.5. The number of fused-ring (bicyclic) bond motifs is 1. The van der Waals surface area contributed by atoms with Crippen LogP contribution in [-0.4, -0.2) is 17.5 Å². The summed E-state index contributed by atoms with van der Waals surface area (Å²) in [6.07, 6.45) is 2.10. The van der Waals surface area contributed by atoms with Crippen LogP contribution < -0.4 is 10.1 Å². The van der Waals surface area contributed by atoms with Crippen molar-refractivity contribution in [2.75, 3.05) is 11.9 Å². The zero-order chi connectivity index (χ0) is 27.4. The lowest BCUT2D eigenvalue weighted by atomic mass is 9.99. The third-order valence-electron chi connectivity index (χ3n) is 6.61. The van der Waals surface area contributed by atoms with E-state index in [9.17, 15) is 10.1 Å². The molecular formula is C33H29N3O2S. The number of nitrogens with zero attached hydrogens (tertiary/aromatic N) is 2. The number of hydrogen-bond acceptors (Lipinski definition) is 5. The molecule has 0 saturated heterocycles. The largest absolute Gasteiger partial charge is 0.494 e. The lowest BCUT2D eigenvalue weighted by molar-refractivity contribution is 0.102. The van der Waals surface area contributed by atoms with Gasteiger partial charge in [0.1, 0.15) is 16.8 Å². The van der Waals surface area contributed by atoms with E-state index in [1.165, 1.54) is 16.9 Å². The average Bonchev–Trinajstić information content (AvgIpc) is 3.27. The van der Waals surface area contributed by atoms with Gasteiger partial charge in [-0.25, -0.2) is 4.98 Å². The van der Waals surface area contributed by atoms with E-state index in [-0.39, 0.29) is 5.91 Å². The lowest BCUT2D eigenvalue weighted by Crippen LogP contribution is -2.13. The fourth-order valence-electron chi connectivity index (χ4n) is 4.81. The van der Waals surface area contributed by atoms with E-state index in [0.29, 0.717) is 28.4 Å². The maximum absolute atomic E-state index is 13.8. The third kappa shape index (κ3) is 5.41. The SMILES string of the molecule is CCCc1ccc(-c2c(C)sc(NC(=O)c3cc(-c4cccc(OCC)c4)nc4ccccc34)c2C#N)cc1. The van der Waals surface area contributed by atoms with Crippen LogP contribution in [0.2, 0.25) is 0 Å². The molecule has 2 aromatic heterocycles. The number of anilines is 1. The second-order valence-electron chi connectivity index (χ2n) is 9.28. The Kier molecular flexibility index (Phi) is 7.72. The Bertz CT molecular complexity index is 1700. The second kappa shape index (κ2) is 11.5. The number of nitriles is 1. The minimum atomic E-state index is -0.279. The van der Waals surface area contributed by atoms with Crippen molar-refractivity contribution < 1.29 is 9.53 Å². The molecule has 0 aliphatic heterocycles. The van der Waals surface area contributed by atoms with Gasteiger partial charge in [-0.15, -0.1) is 11.3 Å². The highest BCUT2D eigenvalue weighted by Gasteiger charge is 2.21. The minimum absolute atomic E-state index is 0.279. The smallest absolute Gasteiger partial charge is 0.257 e. The predicted molar refractivity (Wildman–Crippen MR) is 160 cm³/mol. The molecule has 5 rings (SSSR count). The van der Waals surface area contributed by atoms with Crippen molar-refractivity contribution >= 4 is 33.1 Å². The Morgan fingerprint density at radius 2 is 1.79 bits per heavy atom. The van der Waals surface area contributed by atoms with Crippen molar-refractivity contribution in [3.63, 3.8) is 0 Å². The van der Waals surface area contributed by atoms with Gasteiger partial charge < -0.3 is 10.1 Å². The summed E-state index contributed by atoms with van der Waals surface area (Å²) >= 11 is 1.42. The van der Waals surface area contributed by atoms with Gasteiger partial charge in [-0.1, -0.05) is 67.9 Å². The van der Waals surface area contributed by atoms with Gasteiger partial charge in [-0.2, -0.15) is 5.26 Å². The Morgan fingerprint density at radius 1 is 1.00 bits per heavy atom. The number of amides is 1. The number of thiophene rings is 1. The highest BCUT2D eigenvalue weighted by Crippen LogP contribution is 2.40. The van der Waals surface area contributed by atoms with Gasteiger partial charge in [-0.3, -0.25) is 4.79 Å². The molecule has 0 unspecified atom stereocenters. The molecule has 3 aromatic carbocycles. The molecule has 0 fully saturated rings. The van der Waals surface area contributed by atoms with Crippen molar-refractivity contribution in [3.8, 4) is 34.2 Å². The van der Waals surface area contributed by atoms with Crippen molar-refractivity contribution in [1.29, 1.82) is 5.26 Å². The molecule has 194 valence electrons. The van der Waals surface area contributed by atoms with E-state index >= 15 is 0 Å². The van der Waals surface area contributed by atoms with Gasteiger partial charge in [0.15, 0.2) is 0 Å².